The molecule has 0 bridgehead atoms. The van der Waals surface area contributed by atoms with Gasteiger partial charge in [-0.1, -0.05) is 39.0 Å². The first-order valence-corrected chi connectivity index (χ1v) is 5.86. The number of hydrogen-bond acceptors (Lipinski definition) is 3. The molecule has 1 N–H and O–H groups in total. The van der Waals surface area contributed by atoms with E-state index >= 15 is 0 Å². The number of methoxy groups -OCH3 is 1. The zero-order valence-electron chi connectivity index (χ0n) is 10.9. The first kappa shape index (κ1) is 13.6. The van der Waals surface area contributed by atoms with E-state index in [1.165, 1.54) is 7.11 Å². The minimum absolute atomic E-state index is 0.0406. The maximum atomic E-state index is 11.2. The van der Waals surface area contributed by atoms with E-state index in [9.17, 15) is 9.90 Å². The average molecular weight is 236 g/mol. The summed E-state index contributed by atoms with van der Waals surface area (Å²) < 4.78 is 4.64. The van der Waals surface area contributed by atoms with Crippen LogP contribution in [0.2, 0.25) is 0 Å². The van der Waals surface area contributed by atoms with Crippen molar-refractivity contribution in [1.82, 2.24) is 0 Å². The van der Waals surface area contributed by atoms with E-state index in [1.54, 1.807) is 0 Å². The van der Waals surface area contributed by atoms with Gasteiger partial charge in [-0.05, 0) is 23.0 Å². The molecule has 0 fully saturated rings. The average Bonchev–Trinajstić information content (AvgIpc) is 2.28. The highest BCUT2D eigenvalue weighted by atomic mass is 16.5. The summed E-state index contributed by atoms with van der Waals surface area (Å²) in [6.07, 6.45) is 0.283. The second-order valence-corrected chi connectivity index (χ2v) is 4.62. The van der Waals surface area contributed by atoms with Crippen LogP contribution in [0.25, 0.3) is 0 Å². The van der Waals surface area contributed by atoms with Gasteiger partial charge in [-0.2, -0.15) is 0 Å². The van der Waals surface area contributed by atoms with Crippen molar-refractivity contribution in [3.8, 4) is 5.75 Å². The Labute approximate surface area is 102 Å². The molecule has 17 heavy (non-hydrogen) atoms. The number of esters is 1. The van der Waals surface area contributed by atoms with E-state index in [2.05, 4.69) is 4.74 Å². The molecule has 0 spiro atoms. The van der Waals surface area contributed by atoms with Gasteiger partial charge in [0.25, 0.3) is 0 Å². The molecule has 0 saturated heterocycles. The lowest BCUT2D eigenvalue weighted by Crippen LogP contribution is -2.06. The number of hydrogen-bond donors (Lipinski definition) is 1. The number of carbonyl (C=O) groups is 1. The molecule has 1 rings (SSSR count). The van der Waals surface area contributed by atoms with Crippen molar-refractivity contribution in [1.29, 1.82) is 0 Å². The number of carbonyl (C=O) groups excluding carboxylic acids is 1. The van der Waals surface area contributed by atoms with Gasteiger partial charge < -0.3 is 9.84 Å². The number of benzene rings is 1. The minimum atomic E-state index is -0.258. The molecule has 0 radical (unpaired) electrons. The molecule has 0 aliphatic carbocycles. The van der Waals surface area contributed by atoms with Crippen LogP contribution >= 0.6 is 0 Å². The van der Waals surface area contributed by atoms with Crippen LogP contribution in [0.5, 0.6) is 5.75 Å². The zero-order chi connectivity index (χ0) is 13.0. The summed E-state index contributed by atoms with van der Waals surface area (Å²) in [6, 6.07) is 5.68. The molecule has 3 nitrogen and oxygen atoms in total. The van der Waals surface area contributed by atoms with Gasteiger partial charge in [0, 0.05) is 0 Å². The molecule has 0 aliphatic heterocycles. The van der Waals surface area contributed by atoms with E-state index in [4.69, 9.17) is 0 Å². The van der Waals surface area contributed by atoms with Crippen LogP contribution in [0.4, 0.5) is 0 Å². The predicted octanol–water partition coefficient (Wildman–Crippen LogP) is 3.18. The maximum Gasteiger partial charge on any atom is 0.306 e. The summed E-state index contributed by atoms with van der Waals surface area (Å²) in [5, 5.41) is 10.2. The molecule has 1 aromatic rings. The van der Waals surface area contributed by atoms with Gasteiger partial charge in [-0.25, -0.2) is 0 Å². The number of phenols is 1. The number of ether oxygens (including phenoxy) is 1. The number of para-hydroxylation sites is 1. The SMILES string of the molecule is COC(=O)CC(C)c1cccc(C(C)C)c1O. The fraction of sp³-hybridized carbons (Fsp3) is 0.500. The number of phenolic OH excluding ortho intramolecular Hbond substituents is 1. The van der Waals surface area contributed by atoms with E-state index < -0.39 is 0 Å². The molecule has 1 aromatic carbocycles. The monoisotopic (exact) mass is 236 g/mol. The van der Waals surface area contributed by atoms with Crippen LogP contribution in [-0.4, -0.2) is 18.2 Å². The van der Waals surface area contributed by atoms with Gasteiger partial charge in [-0.15, -0.1) is 0 Å². The molecule has 94 valence electrons. The number of aromatic hydroxyl groups is 1. The highest BCUT2D eigenvalue weighted by Gasteiger charge is 2.17. The largest absolute Gasteiger partial charge is 0.507 e. The Hall–Kier alpha value is -1.51. The highest BCUT2D eigenvalue weighted by Crippen LogP contribution is 2.34. The Balaban J connectivity index is 2.98. The third kappa shape index (κ3) is 3.22. The second-order valence-electron chi connectivity index (χ2n) is 4.62. The van der Waals surface area contributed by atoms with Crippen LogP contribution in [-0.2, 0) is 9.53 Å². The summed E-state index contributed by atoms with van der Waals surface area (Å²) in [5.41, 5.74) is 1.72. The first-order valence-electron chi connectivity index (χ1n) is 5.86. The summed E-state index contributed by atoms with van der Waals surface area (Å²) in [7, 11) is 1.37. The van der Waals surface area contributed by atoms with Gasteiger partial charge in [0.15, 0.2) is 0 Å². The Kier molecular flexibility index (Phi) is 4.55. The Morgan fingerprint density at radius 3 is 2.41 bits per heavy atom. The summed E-state index contributed by atoms with van der Waals surface area (Å²) >= 11 is 0. The van der Waals surface area contributed by atoms with Crippen molar-refractivity contribution in [2.45, 2.75) is 39.0 Å². The van der Waals surface area contributed by atoms with Crippen LogP contribution in [0.3, 0.4) is 0 Å². The second kappa shape index (κ2) is 5.71. The van der Waals surface area contributed by atoms with Gasteiger partial charge in [0.05, 0.1) is 13.5 Å². The van der Waals surface area contributed by atoms with Crippen LogP contribution in [0, 0.1) is 0 Å². The Bertz CT molecular complexity index is 396. The molecule has 1 unspecified atom stereocenters. The lowest BCUT2D eigenvalue weighted by Gasteiger charge is -2.16. The van der Waals surface area contributed by atoms with Gasteiger partial charge >= 0.3 is 5.97 Å². The molecule has 0 saturated carbocycles. The third-order valence-corrected chi connectivity index (χ3v) is 2.95. The molecule has 0 aromatic heterocycles. The highest BCUT2D eigenvalue weighted by molar-refractivity contribution is 5.70. The standard InChI is InChI=1S/C14H20O3/c1-9(2)11-6-5-7-12(14(11)16)10(3)8-13(15)17-4/h5-7,9-10,16H,8H2,1-4H3. The minimum Gasteiger partial charge on any atom is -0.507 e. The van der Waals surface area contributed by atoms with Crippen LogP contribution in [0.1, 0.15) is 50.2 Å². The number of rotatable bonds is 4. The zero-order valence-corrected chi connectivity index (χ0v) is 10.9. The fourth-order valence-corrected chi connectivity index (χ4v) is 1.89. The smallest absolute Gasteiger partial charge is 0.306 e. The van der Waals surface area contributed by atoms with Crippen LogP contribution in [0.15, 0.2) is 18.2 Å². The maximum absolute atomic E-state index is 11.2. The summed E-state index contributed by atoms with van der Waals surface area (Å²) in [6.45, 7) is 5.98. The first-order chi connectivity index (χ1) is 7.97. The molecule has 0 aliphatic rings. The van der Waals surface area contributed by atoms with E-state index in [0.29, 0.717) is 5.75 Å². The van der Waals surface area contributed by atoms with Crippen molar-refractivity contribution < 1.29 is 14.6 Å². The molecule has 0 amide bonds. The molecule has 1 atom stereocenters. The van der Waals surface area contributed by atoms with E-state index in [-0.39, 0.29) is 24.2 Å². The van der Waals surface area contributed by atoms with Gasteiger partial charge in [0.1, 0.15) is 5.75 Å². The predicted molar refractivity (Wildman–Crippen MR) is 67.2 cm³/mol. The fourth-order valence-electron chi connectivity index (χ4n) is 1.89. The molecular formula is C14H20O3. The van der Waals surface area contributed by atoms with Gasteiger partial charge in [0.2, 0.25) is 0 Å². The van der Waals surface area contributed by atoms with Crippen molar-refractivity contribution in [2.24, 2.45) is 0 Å². The Morgan fingerprint density at radius 2 is 1.88 bits per heavy atom. The van der Waals surface area contributed by atoms with Crippen LogP contribution < -0.4 is 0 Å². The van der Waals surface area contributed by atoms with Crippen molar-refractivity contribution in [3.63, 3.8) is 0 Å². The van der Waals surface area contributed by atoms with Crippen molar-refractivity contribution in [3.05, 3.63) is 29.3 Å². The molecule has 3 heteroatoms. The van der Waals surface area contributed by atoms with Gasteiger partial charge in [-0.3, -0.25) is 4.79 Å². The third-order valence-electron chi connectivity index (χ3n) is 2.95. The lowest BCUT2D eigenvalue weighted by molar-refractivity contribution is -0.140. The van der Waals surface area contributed by atoms with E-state index in [0.717, 1.165) is 11.1 Å². The Morgan fingerprint density at radius 1 is 1.29 bits per heavy atom. The normalized spacial score (nSPS) is 12.5. The summed E-state index contributed by atoms with van der Waals surface area (Å²) in [4.78, 5) is 11.2. The quantitative estimate of drug-likeness (QED) is 0.817. The van der Waals surface area contributed by atoms with Crippen molar-refractivity contribution in [2.75, 3.05) is 7.11 Å². The topological polar surface area (TPSA) is 46.5 Å². The van der Waals surface area contributed by atoms with E-state index in [1.807, 2.05) is 39.0 Å². The van der Waals surface area contributed by atoms with Crippen molar-refractivity contribution >= 4 is 5.97 Å². The summed E-state index contributed by atoms with van der Waals surface area (Å²) in [5.74, 6) is 0.271. The molecular weight excluding hydrogens is 216 g/mol. The lowest BCUT2D eigenvalue weighted by atomic mass is 9.91. The molecule has 0 heterocycles.